The maximum Gasteiger partial charge on any atom is 0.245 e. The van der Waals surface area contributed by atoms with Crippen molar-refractivity contribution in [2.75, 3.05) is 45.8 Å². The molecule has 2 fully saturated rings. The van der Waals surface area contributed by atoms with Gasteiger partial charge in [-0.15, -0.1) is 0 Å². The third-order valence-corrected chi connectivity index (χ3v) is 8.36. The second kappa shape index (κ2) is 9.74. The Hall–Kier alpha value is -2.56. The molecule has 1 N–H and O–H groups in total. The van der Waals surface area contributed by atoms with Gasteiger partial charge in [-0.05, 0) is 37.5 Å². The smallest absolute Gasteiger partial charge is 0.245 e. The number of benzene rings is 1. The lowest BCUT2D eigenvalue weighted by Gasteiger charge is -2.35. The van der Waals surface area contributed by atoms with Crippen LogP contribution in [0.4, 0.5) is 0 Å². The van der Waals surface area contributed by atoms with Crippen molar-refractivity contribution in [3.8, 4) is 0 Å². The molecule has 3 heterocycles. The molecule has 0 bridgehead atoms. The van der Waals surface area contributed by atoms with Gasteiger partial charge < -0.3 is 10.2 Å². The molecule has 33 heavy (non-hydrogen) atoms. The fraction of sp³-hybridized carbons (Fsp3) is 0.522. The number of piperazine rings is 1. The van der Waals surface area contributed by atoms with E-state index in [-0.39, 0.29) is 29.3 Å². The van der Waals surface area contributed by atoms with Gasteiger partial charge in [-0.3, -0.25) is 19.5 Å². The number of hydrogen-bond donors (Lipinski definition) is 1. The van der Waals surface area contributed by atoms with Crippen LogP contribution in [0.3, 0.4) is 0 Å². The molecule has 2 aromatic rings. The van der Waals surface area contributed by atoms with E-state index in [0.717, 1.165) is 23.8 Å². The second-order valence-corrected chi connectivity index (χ2v) is 10.8. The van der Waals surface area contributed by atoms with Gasteiger partial charge in [0.05, 0.1) is 12.1 Å². The van der Waals surface area contributed by atoms with Crippen LogP contribution < -0.4 is 5.32 Å². The fourth-order valence-electron chi connectivity index (χ4n) is 4.53. The molecule has 2 aliphatic rings. The largest absolute Gasteiger partial charge is 0.352 e. The number of aryl methyl sites for hydroxylation is 1. The van der Waals surface area contributed by atoms with E-state index in [0.29, 0.717) is 44.8 Å². The molecule has 1 aromatic carbocycles. The van der Waals surface area contributed by atoms with E-state index in [1.807, 2.05) is 24.0 Å². The van der Waals surface area contributed by atoms with Crippen molar-refractivity contribution in [1.82, 2.24) is 24.4 Å². The third kappa shape index (κ3) is 5.34. The van der Waals surface area contributed by atoms with Crippen LogP contribution in [0.1, 0.15) is 25.3 Å². The zero-order chi connectivity index (χ0) is 23.6. The minimum absolute atomic E-state index is 0.0544. The predicted molar refractivity (Wildman–Crippen MR) is 125 cm³/mol. The Morgan fingerprint density at radius 2 is 1.79 bits per heavy atom. The highest BCUT2D eigenvalue weighted by Crippen LogP contribution is 2.25. The van der Waals surface area contributed by atoms with Gasteiger partial charge in [0.2, 0.25) is 21.8 Å². The summed E-state index contributed by atoms with van der Waals surface area (Å²) < 4.78 is 28.1. The lowest BCUT2D eigenvalue weighted by molar-refractivity contribution is -0.130. The Morgan fingerprint density at radius 3 is 2.45 bits per heavy atom. The number of fused-ring (bicyclic) bond motifs is 1. The molecule has 0 unspecified atom stereocenters. The first-order chi connectivity index (χ1) is 15.7. The second-order valence-electron chi connectivity index (χ2n) is 8.87. The topological polar surface area (TPSA) is 103 Å². The molecule has 2 aliphatic heterocycles. The standard InChI is InChI=1S/C23H31N5O4S/c1-17-14-19-4-3-5-21(23(19)24-15-17)33(31,32)28-12-10-26(11-13-28)16-22(30)25-20-6-8-27(9-7-20)18(2)29/h3-5,14-15,20H,6-13,16H2,1-2H3,(H,25,30). The number of nitrogens with zero attached hydrogens (tertiary/aromatic N) is 4. The minimum Gasteiger partial charge on any atom is -0.352 e. The summed E-state index contributed by atoms with van der Waals surface area (Å²) in [6.07, 6.45) is 3.20. The van der Waals surface area contributed by atoms with Crippen molar-refractivity contribution in [3.63, 3.8) is 0 Å². The van der Waals surface area contributed by atoms with E-state index in [2.05, 4.69) is 10.3 Å². The van der Waals surface area contributed by atoms with Crippen molar-refractivity contribution in [2.45, 2.75) is 37.6 Å². The van der Waals surface area contributed by atoms with Crippen molar-refractivity contribution < 1.29 is 18.0 Å². The summed E-state index contributed by atoms with van der Waals surface area (Å²) in [6, 6.07) is 7.24. The molecule has 10 heteroatoms. The summed E-state index contributed by atoms with van der Waals surface area (Å²) in [5.41, 5.74) is 1.47. The van der Waals surface area contributed by atoms with Gasteiger partial charge >= 0.3 is 0 Å². The number of carbonyl (C=O) groups is 2. The van der Waals surface area contributed by atoms with E-state index < -0.39 is 10.0 Å². The third-order valence-electron chi connectivity index (χ3n) is 6.43. The van der Waals surface area contributed by atoms with E-state index in [4.69, 9.17) is 0 Å². The SMILES string of the molecule is CC(=O)N1CCC(NC(=O)CN2CCN(S(=O)(=O)c3cccc4cc(C)cnc34)CC2)CC1. The van der Waals surface area contributed by atoms with E-state index in [1.54, 1.807) is 30.2 Å². The summed E-state index contributed by atoms with van der Waals surface area (Å²) in [6.45, 7) is 6.71. The molecule has 0 radical (unpaired) electrons. The molecule has 4 rings (SSSR count). The summed E-state index contributed by atoms with van der Waals surface area (Å²) in [7, 11) is -3.68. The van der Waals surface area contributed by atoms with Crippen LogP contribution in [0.15, 0.2) is 35.4 Å². The summed E-state index contributed by atoms with van der Waals surface area (Å²) in [5, 5.41) is 3.86. The van der Waals surface area contributed by atoms with Crippen LogP contribution in [0.2, 0.25) is 0 Å². The number of likely N-dealkylation sites (tertiary alicyclic amines) is 1. The minimum atomic E-state index is -3.68. The van der Waals surface area contributed by atoms with Gasteiger partial charge in [-0.2, -0.15) is 4.31 Å². The Kier molecular flexibility index (Phi) is 6.96. The monoisotopic (exact) mass is 473 g/mol. The maximum atomic E-state index is 13.3. The number of hydrogen-bond acceptors (Lipinski definition) is 6. The average molecular weight is 474 g/mol. The fourth-order valence-corrected chi connectivity index (χ4v) is 6.12. The van der Waals surface area contributed by atoms with Gasteiger partial charge in [0.1, 0.15) is 4.90 Å². The Balaban J connectivity index is 1.32. The highest BCUT2D eigenvalue weighted by atomic mass is 32.2. The van der Waals surface area contributed by atoms with Gasteiger partial charge in [0.25, 0.3) is 0 Å². The highest BCUT2D eigenvalue weighted by molar-refractivity contribution is 7.89. The average Bonchev–Trinajstić information content (AvgIpc) is 2.79. The number of nitrogens with one attached hydrogen (secondary N) is 1. The Morgan fingerprint density at radius 1 is 1.09 bits per heavy atom. The van der Waals surface area contributed by atoms with E-state index in [9.17, 15) is 18.0 Å². The molecule has 178 valence electrons. The van der Waals surface area contributed by atoms with Crippen molar-refractivity contribution in [1.29, 1.82) is 0 Å². The first-order valence-corrected chi connectivity index (χ1v) is 12.8. The molecule has 0 spiro atoms. The maximum absolute atomic E-state index is 13.3. The zero-order valence-electron chi connectivity index (χ0n) is 19.2. The van der Waals surface area contributed by atoms with E-state index >= 15 is 0 Å². The number of piperidine rings is 1. The lowest BCUT2D eigenvalue weighted by Crippen LogP contribution is -2.52. The van der Waals surface area contributed by atoms with Crippen molar-refractivity contribution in [2.24, 2.45) is 0 Å². The number of pyridine rings is 1. The van der Waals surface area contributed by atoms with Crippen molar-refractivity contribution in [3.05, 3.63) is 36.0 Å². The van der Waals surface area contributed by atoms with Crippen LogP contribution in [-0.4, -0.2) is 91.2 Å². The summed E-state index contributed by atoms with van der Waals surface area (Å²) >= 11 is 0. The molecule has 1 aromatic heterocycles. The number of sulfonamides is 1. The van der Waals surface area contributed by atoms with Gasteiger partial charge in [0.15, 0.2) is 0 Å². The highest BCUT2D eigenvalue weighted by Gasteiger charge is 2.31. The molecule has 0 saturated carbocycles. The lowest BCUT2D eigenvalue weighted by atomic mass is 10.1. The van der Waals surface area contributed by atoms with Crippen LogP contribution in [0, 0.1) is 6.92 Å². The summed E-state index contributed by atoms with van der Waals surface area (Å²) in [5.74, 6) is 0.0169. The Labute approximate surface area is 194 Å². The van der Waals surface area contributed by atoms with Gasteiger partial charge in [-0.1, -0.05) is 12.1 Å². The first-order valence-electron chi connectivity index (χ1n) is 11.4. The molecule has 2 saturated heterocycles. The molecule has 0 atom stereocenters. The number of aromatic nitrogens is 1. The number of carbonyl (C=O) groups excluding carboxylic acids is 2. The number of para-hydroxylation sites is 1. The molecular formula is C23H31N5O4S. The molecular weight excluding hydrogens is 442 g/mol. The first kappa shape index (κ1) is 23.6. The molecule has 9 nitrogen and oxygen atoms in total. The number of rotatable bonds is 5. The quantitative estimate of drug-likeness (QED) is 0.694. The molecule has 2 amide bonds. The van der Waals surface area contributed by atoms with Crippen molar-refractivity contribution >= 4 is 32.7 Å². The van der Waals surface area contributed by atoms with Crippen LogP contribution in [0.25, 0.3) is 10.9 Å². The van der Waals surface area contributed by atoms with Crippen LogP contribution >= 0.6 is 0 Å². The predicted octanol–water partition coefficient (Wildman–Crippen LogP) is 0.977. The number of amides is 2. The van der Waals surface area contributed by atoms with E-state index in [1.165, 1.54) is 4.31 Å². The van der Waals surface area contributed by atoms with Gasteiger partial charge in [-0.25, -0.2) is 8.42 Å². The van der Waals surface area contributed by atoms with Crippen LogP contribution in [0.5, 0.6) is 0 Å². The normalized spacial score (nSPS) is 19.0. The van der Waals surface area contributed by atoms with Crippen LogP contribution in [-0.2, 0) is 19.6 Å². The molecule has 0 aliphatic carbocycles. The van der Waals surface area contributed by atoms with Gasteiger partial charge in [0, 0.05) is 63.8 Å². The summed E-state index contributed by atoms with van der Waals surface area (Å²) in [4.78, 5) is 32.3. The Bertz CT molecular complexity index is 1140. The zero-order valence-corrected chi connectivity index (χ0v) is 20.0.